The van der Waals surface area contributed by atoms with Crippen molar-refractivity contribution < 1.29 is 5.11 Å². The van der Waals surface area contributed by atoms with Crippen LogP contribution in [0.1, 0.15) is 5.56 Å². The lowest BCUT2D eigenvalue weighted by Crippen LogP contribution is -2.13. The third kappa shape index (κ3) is 2.54. The van der Waals surface area contributed by atoms with Gasteiger partial charge in [0.05, 0.1) is 11.8 Å². The number of hydrogen-bond donors (Lipinski definition) is 3. The fourth-order valence-electron chi connectivity index (χ4n) is 1.28. The number of rotatable bonds is 3. The zero-order valence-corrected chi connectivity index (χ0v) is 9.61. The second-order valence-corrected chi connectivity index (χ2v) is 4.30. The first kappa shape index (κ1) is 11.4. The van der Waals surface area contributed by atoms with Crippen molar-refractivity contribution >= 4 is 17.6 Å². The minimum atomic E-state index is -0.226. The van der Waals surface area contributed by atoms with Crippen molar-refractivity contribution in [3.63, 3.8) is 0 Å². The van der Waals surface area contributed by atoms with E-state index in [0.717, 1.165) is 4.90 Å². The number of amidine groups is 1. The van der Waals surface area contributed by atoms with Gasteiger partial charge in [0.15, 0.2) is 0 Å². The lowest BCUT2D eigenvalue weighted by molar-refractivity contribution is 0.466. The number of nitrogens with zero attached hydrogens (tertiary/aromatic N) is 2. The number of nitrogens with one attached hydrogen (secondary N) is 1. The smallest absolute Gasteiger partial charge is 0.149 e. The molecule has 4 N–H and O–H groups in total. The van der Waals surface area contributed by atoms with Gasteiger partial charge in [-0.25, -0.2) is 0 Å². The fraction of sp³-hybridized carbons (Fsp3) is 0. The molecule has 0 atom stereocenters. The quantitative estimate of drug-likeness (QED) is 0.565. The van der Waals surface area contributed by atoms with Crippen LogP contribution in [0.25, 0.3) is 0 Å². The van der Waals surface area contributed by atoms with Crippen molar-refractivity contribution in [3.05, 3.63) is 42.1 Å². The molecule has 17 heavy (non-hydrogen) atoms. The summed E-state index contributed by atoms with van der Waals surface area (Å²) in [6.45, 7) is 0. The second kappa shape index (κ2) is 4.84. The third-order valence-electron chi connectivity index (χ3n) is 2.03. The summed E-state index contributed by atoms with van der Waals surface area (Å²) in [5, 5.41) is 25.0. The number of hydrogen-bond acceptors (Lipinski definition) is 5. The van der Waals surface area contributed by atoms with Crippen molar-refractivity contribution in [2.45, 2.75) is 9.92 Å². The molecule has 0 radical (unpaired) electrons. The van der Waals surface area contributed by atoms with Gasteiger partial charge in [0.25, 0.3) is 0 Å². The van der Waals surface area contributed by atoms with E-state index >= 15 is 0 Å². The Bertz CT molecular complexity index is 544. The summed E-state index contributed by atoms with van der Waals surface area (Å²) < 4.78 is 0. The molecular formula is C11H10N4OS. The van der Waals surface area contributed by atoms with E-state index < -0.39 is 0 Å². The van der Waals surface area contributed by atoms with E-state index in [0.29, 0.717) is 5.03 Å². The molecule has 6 heteroatoms. The molecule has 0 saturated heterocycles. The Balaban J connectivity index is 2.40. The Morgan fingerprint density at radius 2 is 2.00 bits per heavy atom. The van der Waals surface area contributed by atoms with Crippen molar-refractivity contribution in [3.8, 4) is 5.75 Å². The monoisotopic (exact) mass is 246 g/mol. The topological polar surface area (TPSA) is 95.9 Å². The molecule has 0 aliphatic heterocycles. The van der Waals surface area contributed by atoms with Gasteiger partial charge in [-0.05, 0) is 12.1 Å². The van der Waals surface area contributed by atoms with Gasteiger partial charge >= 0.3 is 0 Å². The van der Waals surface area contributed by atoms with Crippen LogP contribution in [-0.4, -0.2) is 21.1 Å². The molecule has 0 fully saturated rings. The van der Waals surface area contributed by atoms with Gasteiger partial charge in [0, 0.05) is 4.90 Å². The molecule has 0 spiro atoms. The van der Waals surface area contributed by atoms with E-state index in [9.17, 15) is 5.11 Å². The van der Waals surface area contributed by atoms with E-state index in [1.807, 2.05) is 30.3 Å². The molecule has 0 aliphatic carbocycles. The number of nitrogens with two attached hydrogens (primary N) is 1. The zero-order chi connectivity index (χ0) is 12.3. The van der Waals surface area contributed by atoms with Gasteiger partial charge in [-0.2, -0.15) is 5.10 Å². The Morgan fingerprint density at radius 3 is 2.65 bits per heavy atom. The highest BCUT2D eigenvalue weighted by Crippen LogP contribution is 2.31. The number of nitrogen functional groups attached to an aromatic ring is 1. The molecule has 2 rings (SSSR count). The third-order valence-corrected chi connectivity index (χ3v) is 3.01. The van der Waals surface area contributed by atoms with Crippen LogP contribution in [0.4, 0.5) is 0 Å². The molecule has 0 bridgehead atoms. The first-order valence-corrected chi connectivity index (χ1v) is 5.62. The first-order chi connectivity index (χ1) is 8.18. The number of benzene rings is 1. The van der Waals surface area contributed by atoms with Crippen LogP contribution in [0.3, 0.4) is 0 Å². The molecule has 1 aromatic carbocycles. The summed E-state index contributed by atoms with van der Waals surface area (Å²) in [6.07, 6.45) is 1.17. The summed E-state index contributed by atoms with van der Waals surface area (Å²) in [4.78, 5) is 0.940. The van der Waals surface area contributed by atoms with Crippen LogP contribution >= 0.6 is 11.8 Å². The van der Waals surface area contributed by atoms with Crippen LogP contribution < -0.4 is 5.73 Å². The minimum absolute atomic E-state index is 0.133. The average Bonchev–Trinajstić information content (AvgIpc) is 2.30. The van der Waals surface area contributed by atoms with Gasteiger partial charge < -0.3 is 10.8 Å². The van der Waals surface area contributed by atoms with Crippen LogP contribution in [0.5, 0.6) is 5.75 Å². The molecule has 0 saturated carbocycles. The number of aromatic nitrogens is 2. The molecule has 1 aromatic heterocycles. The predicted octanol–water partition coefficient (Wildman–Crippen LogP) is 1.62. The average molecular weight is 246 g/mol. The maximum absolute atomic E-state index is 9.60. The van der Waals surface area contributed by atoms with E-state index in [4.69, 9.17) is 11.1 Å². The molecule has 86 valence electrons. The first-order valence-electron chi connectivity index (χ1n) is 4.80. The molecule has 0 aliphatic rings. The van der Waals surface area contributed by atoms with Crippen molar-refractivity contribution in [2.24, 2.45) is 5.73 Å². The van der Waals surface area contributed by atoms with Crippen LogP contribution in [-0.2, 0) is 0 Å². The summed E-state index contributed by atoms with van der Waals surface area (Å²) in [6, 6.07) is 9.50. The highest BCUT2D eigenvalue weighted by molar-refractivity contribution is 7.99. The minimum Gasteiger partial charge on any atom is -0.505 e. The van der Waals surface area contributed by atoms with Gasteiger partial charge in [0.2, 0.25) is 0 Å². The molecule has 5 nitrogen and oxygen atoms in total. The largest absolute Gasteiger partial charge is 0.505 e. The van der Waals surface area contributed by atoms with E-state index in [-0.39, 0.29) is 17.1 Å². The summed E-state index contributed by atoms with van der Waals surface area (Å²) in [5.74, 6) is -0.359. The van der Waals surface area contributed by atoms with E-state index in [2.05, 4.69) is 10.2 Å². The van der Waals surface area contributed by atoms with Crippen molar-refractivity contribution in [1.29, 1.82) is 5.41 Å². The highest BCUT2D eigenvalue weighted by atomic mass is 32.2. The lowest BCUT2D eigenvalue weighted by Gasteiger charge is -2.07. The summed E-state index contributed by atoms with van der Waals surface area (Å²) in [5.41, 5.74) is 5.63. The maximum atomic E-state index is 9.60. The van der Waals surface area contributed by atoms with Crippen LogP contribution in [0, 0.1) is 5.41 Å². The zero-order valence-electron chi connectivity index (χ0n) is 8.79. The lowest BCUT2D eigenvalue weighted by atomic mass is 10.3. The Morgan fingerprint density at radius 1 is 1.29 bits per heavy atom. The van der Waals surface area contributed by atoms with Crippen LogP contribution in [0.2, 0.25) is 0 Å². The van der Waals surface area contributed by atoms with Gasteiger partial charge in [-0.15, -0.1) is 5.10 Å². The summed E-state index contributed by atoms with van der Waals surface area (Å²) >= 11 is 1.30. The number of aromatic hydroxyl groups is 1. The van der Waals surface area contributed by atoms with E-state index in [1.54, 1.807) is 0 Å². The Hall–Kier alpha value is -2.08. The highest BCUT2D eigenvalue weighted by Gasteiger charge is 2.14. The predicted molar refractivity (Wildman–Crippen MR) is 65.3 cm³/mol. The molecular weight excluding hydrogens is 236 g/mol. The van der Waals surface area contributed by atoms with Gasteiger partial charge in [0.1, 0.15) is 16.6 Å². The van der Waals surface area contributed by atoms with E-state index in [1.165, 1.54) is 18.0 Å². The standard InChI is InChI=1S/C11H10N4OS/c12-10(13)9-8(16)6-14-15-11(9)17-7-4-2-1-3-5-7/h1-6H,(H3,12,13)(H,15,16). The van der Waals surface area contributed by atoms with Crippen molar-refractivity contribution in [2.75, 3.05) is 0 Å². The molecule has 0 amide bonds. The van der Waals surface area contributed by atoms with Crippen molar-refractivity contribution in [1.82, 2.24) is 10.2 Å². The SMILES string of the molecule is N=C(N)c1c(O)cnnc1Sc1ccccc1. The summed E-state index contributed by atoms with van der Waals surface area (Å²) in [7, 11) is 0. The van der Waals surface area contributed by atoms with Gasteiger partial charge in [-0.3, -0.25) is 5.41 Å². The Labute approximate surface area is 102 Å². The second-order valence-electron chi connectivity index (χ2n) is 3.24. The van der Waals surface area contributed by atoms with Gasteiger partial charge in [-0.1, -0.05) is 30.0 Å². The Kier molecular flexibility index (Phi) is 3.24. The molecule has 0 unspecified atom stereocenters. The normalized spacial score (nSPS) is 10.1. The molecule has 2 aromatic rings. The maximum Gasteiger partial charge on any atom is 0.149 e. The molecule has 1 heterocycles. The van der Waals surface area contributed by atoms with Crippen LogP contribution in [0.15, 0.2) is 46.5 Å². The fourth-order valence-corrected chi connectivity index (χ4v) is 2.21.